The summed E-state index contributed by atoms with van der Waals surface area (Å²) in [5.74, 6) is 0. The van der Waals surface area contributed by atoms with Gasteiger partial charge in [0, 0.05) is 0 Å². The molecule has 1 atom stereocenters. The Labute approximate surface area is 124 Å². The average Bonchev–Trinajstić information content (AvgIpc) is 2.43. The fourth-order valence-electron chi connectivity index (χ4n) is 2.50. The highest BCUT2D eigenvalue weighted by Gasteiger charge is 2.28. The lowest BCUT2D eigenvalue weighted by Gasteiger charge is -2.21. The first-order chi connectivity index (χ1) is 9.82. The third-order valence-corrected chi connectivity index (χ3v) is 3.52. The van der Waals surface area contributed by atoms with E-state index in [4.69, 9.17) is 10.5 Å². The van der Waals surface area contributed by atoms with Gasteiger partial charge in [-0.05, 0) is 41.5 Å². The van der Waals surface area contributed by atoms with Crippen LogP contribution in [0.3, 0.4) is 0 Å². The largest absolute Gasteiger partial charge is 0.411 e. The lowest BCUT2D eigenvalue weighted by atomic mass is 9.90. The highest BCUT2D eigenvalue weighted by molar-refractivity contribution is 5.41. The molecule has 2 N–H and O–H groups in total. The van der Waals surface area contributed by atoms with Crippen LogP contribution in [0, 0.1) is 0 Å². The molecule has 1 aromatic carbocycles. The molecule has 1 aromatic rings. The molecule has 1 unspecified atom stereocenters. The molecule has 2 nitrogen and oxygen atoms in total. The van der Waals surface area contributed by atoms with Gasteiger partial charge in [0.05, 0.1) is 12.6 Å². The molecule has 120 valence electrons. The van der Waals surface area contributed by atoms with Crippen LogP contribution in [0.2, 0.25) is 0 Å². The summed E-state index contributed by atoms with van der Waals surface area (Å²) < 4.78 is 41.1. The molecule has 0 saturated carbocycles. The van der Waals surface area contributed by atoms with E-state index < -0.39 is 18.8 Å². The molecule has 0 aliphatic rings. The zero-order valence-corrected chi connectivity index (χ0v) is 12.9. The van der Waals surface area contributed by atoms with Gasteiger partial charge in [-0.25, -0.2) is 0 Å². The summed E-state index contributed by atoms with van der Waals surface area (Å²) in [5.41, 5.74) is 10.5. The number of alkyl halides is 3. The number of hydrogen-bond acceptors (Lipinski definition) is 2. The Morgan fingerprint density at radius 1 is 1.05 bits per heavy atom. The first-order valence-corrected chi connectivity index (χ1v) is 7.36. The van der Waals surface area contributed by atoms with Gasteiger partial charge >= 0.3 is 6.18 Å². The smallest absolute Gasteiger partial charge is 0.370 e. The molecular weight excluding hydrogens is 279 g/mol. The summed E-state index contributed by atoms with van der Waals surface area (Å²) in [6.45, 7) is 4.77. The first kappa shape index (κ1) is 18.0. The van der Waals surface area contributed by atoms with Crippen molar-refractivity contribution in [3.8, 4) is 0 Å². The van der Waals surface area contributed by atoms with E-state index in [9.17, 15) is 13.2 Å². The molecular formula is C16H24F3NO. The molecule has 0 spiro atoms. The van der Waals surface area contributed by atoms with Crippen molar-refractivity contribution in [1.82, 2.24) is 0 Å². The first-order valence-electron chi connectivity index (χ1n) is 7.36. The molecule has 5 heteroatoms. The fraction of sp³-hybridized carbons (Fsp3) is 0.625. The van der Waals surface area contributed by atoms with Gasteiger partial charge in [0.1, 0.15) is 6.61 Å². The number of ether oxygens (including phenoxy) is 1. The summed E-state index contributed by atoms with van der Waals surface area (Å²) in [6.07, 6.45) is -1.76. The molecule has 0 aromatic heterocycles. The number of aryl methyl sites for hydroxylation is 3. The van der Waals surface area contributed by atoms with Crippen LogP contribution >= 0.6 is 0 Å². The van der Waals surface area contributed by atoms with Crippen LogP contribution in [-0.2, 0) is 24.0 Å². The van der Waals surface area contributed by atoms with E-state index in [0.717, 1.165) is 36.0 Å². The molecule has 21 heavy (non-hydrogen) atoms. The number of nitrogens with two attached hydrogens (primary N) is 1. The maximum absolute atomic E-state index is 12.1. The second-order valence-electron chi connectivity index (χ2n) is 5.13. The van der Waals surface area contributed by atoms with Crippen LogP contribution in [0.5, 0.6) is 0 Å². The predicted molar refractivity (Wildman–Crippen MR) is 78.4 cm³/mol. The molecule has 0 saturated heterocycles. The van der Waals surface area contributed by atoms with Crippen molar-refractivity contribution in [3.05, 3.63) is 34.4 Å². The van der Waals surface area contributed by atoms with Crippen LogP contribution in [0.25, 0.3) is 0 Å². The van der Waals surface area contributed by atoms with Crippen LogP contribution in [-0.4, -0.2) is 19.4 Å². The normalized spacial score (nSPS) is 13.5. The summed E-state index contributed by atoms with van der Waals surface area (Å²) >= 11 is 0. The molecule has 0 aliphatic heterocycles. The van der Waals surface area contributed by atoms with Crippen LogP contribution in [0.4, 0.5) is 13.2 Å². The van der Waals surface area contributed by atoms with E-state index in [1.807, 2.05) is 13.8 Å². The van der Waals surface area contributed by atoms with Crippen LogP contribution < -0.4 is 5.73 Å². The van der Waals surface area contributed by atoms with Gasteiger partial charge in [0.25, 0.3) is 0 Å². The minimum atomic E-state index is -4.31. The van der Waals surface area contributed by atoms with E-state index in [1.54, 1.807) is 0 Å². The lowest BCUT2D eigenvalue weighted by Crippen LogP contribution is -2.25. The highest BCUT2D eigenvalue weighted by atomic mass is 19.4. The molecule has 0 radical (unpaired) electrons. The van der Waals surface area contributed by atoms with Gasteiger partial charge in [-0.15, -0.1) is 0 Å². The summed E-state index contributed by atoms with van der Waals surface area (Å²) in [4.78, 5) is 0. The van der Waals surface area contributed by atoms with E-state index in [2.05, 4.69) is 19.1 Å². The quantitative estimate of drug-likeness (QED) is 0.827. The molecule has 1 rings (SSSR count). The second kappa shape index (κ2) is 7.80. The highest BCUT2D eigenvalue weighted by Crippen LogP contribution is 2.26. The minimum absolute atomic E-state index is 0.120. The minimum Gasteiger partial charge on any atom is -0.370 e. The van der Waals surface area contributed by atoms with Gasteiger partial charge in [-0.3, -0.25) is 0 Å². The number of halogens is 3. The monoisotopic (exact) mass is 303 g/mol. The molecule has 0 fully saturated rings. The SMILES string of the molecule is CCc1cc(CC)c(C(N)COCC(F)(F)F)c(CC)c1. The lowest BCUT2D eigenvalue weighted by molar-refractivity contribution is -0.174. The van der Waals surface area contributed by atoms with Crippen molar-refractivity contribution in [3.63, 3.8) is 0 Å². The van der Waals surface area contributed by atoms with Gasteiger partial charge in [-0.1, -0.05) is 32.9 Å². The Morgan fingerprint density at radius 3 is 1.95 bits per heavy atom. The zero-order chi connectivity index (χ0) is 16.0. The molecule has 0 amide bonds. The topological polar surface area (TPSA) is 35.2 Å². The van der Waals surface area contributed by atoms with Gasteiger partial charge in [0.2, 0.25) is 0 Å². The van der Waals surface area contributed by atoms with E-state index in [0.29, 0.717) is 0 Å². The van der Waals surface area contributed by atoms with Crippen molar-refractivity contribution in [2.75, 3.05) is 13.2 Å². The molecule has 0 bridgehead atoms. The molecule has 0 heterocycles. The predicted octanol–water partition coefficient (Wildman–Crippen LogP) is 3.95. The number of rotatable bonds is 7. The summed E-state index contributed by atoms with van der Waals surface area (Å²) in [5, 5.41) is 0. The third kappa shape index (κ3) is 5.32. The summed E-state index contributed by atoms with van der Waals surface area (Å²) in [6, 6.07) is 3.67. The Morgan fingerprint density at radius 2 is 1.57 bits per heavy atom. The van der Waals surface area contributed by atoms with Gasteiger partial charge < -0.3 is 10.5 Å². The van der Waals surface area contributed by atoms with E-state index in [1.165, 1.54) is 5.56 Å². The Bertz CT molecular complexity index is 432. The van der Waals surface area contributed by atoms with Crippen molar-refractivity contribution >= 4 is 0 Å². The molecule has 0 aliphatic carbocycles. The van der Waals surface area contributed by atoms with Crippen LogP contribution in [0.1, 0.15) is 49.1 Å². The standard InChI is InChI=1S/C16H24F3NO/c1-4-11-7-12(5-2)15(13(6-3)8-11)14(20)9-21-10-16(17,18)19/h7-8,14H,4-6,9-10,20H2,1-3H3. The zero-order valence-electron chi connectivity index (χ0n) is 12.9. The second-order valence-corrected chi connectivity index (χ2v) is 5.13. The van der Waals surface area contributed by atoms with Crippen LogP contribution in [0.15, 0.2) is 12.1 Å². The van der Waals surface area contributed by atoms with E-state index in [-0.39, 0.29) is 6.61 Å². The number of hydrogen-bond donors (Lipinski definition) is 1. The average molecular weight is 303 g/mol. The van der Waals surface area contributed by atoms with Crippen molar-refractivity contribution in [2.24, 2.45) is 5.73 Å². The van der Waals surface area contributed by atoms with Gasteiger partial charge in [-0.2, -0.15) is 13.2 Å². The number of benzene rings is 1. The Balaban J connectivity index is 2.93. The maximum Gasteiger partial charge on any atom is 0.411 e. The van der Waals surface area contributed by atoms with Crippen molar-refractivity contribution in [1.29, 1.82) is 0 Å². The Kier molecular flexibility index (Phi) is 6.68. The van der Waals surface area contributed by atoms with Crippen molar-refractivity contribution < 1.29 is 17.9 Å². The summed E-state index contributed by atoms with van der Waals surface area (Å²) in [7, 11) is 0. The third-order valence-electron chi connectivity index (χ3n) is 3.52. The maximum atomic E-state index is 12.1. The van der Waals surface area contributed by atoms with Crippen molar-refractivity contribution in [2.45, 2.75) is 52.3 Å². The van der Waals surface area contributed by atoms with E-state index >= 15 is 0 Å². The Hall–Kier alpha value is -1.07. The fourth-order valence-corrected chi connectivity index (χ4v) is 2.50. The van der Waals surface area contributed by atoms with Gasteiger partial charge in [0.15, 0.2) is 0 Å².